The van der Waals surface area contributed by atoms with Crippen molar-refractivity contribution in [3.8, 4) is 11.6 Å². The van der Waals surface area contributed by atoms with Crippen LogP contribution in [-0.2, 0) is 17.5 Å². The van der Waals surface area contributed by atoms with Crippen LogP contribution in [0.5, 0.6) is 5.75 Å². The molecule has 0 atom stereocenters. The Kier molecular flexibility index (Phi) is 7.22. The molecule has 0 saturated heterocycles. The Morgan fingerprint density at radius 2 is 1.97 bits per heavy atom. The second-order valence-electron chi connectivity index (χ2n) is 7.07. The molecule has 3 aromatic rings. The Labute approximate surface area is 191 Å². The van der Waals surface area contributed by atoms with E-state index >= 15 is 0 Å². The van der Waals surface area contributed by atoms with E-state index in [1.54, 1.807) is 32.3 Å². The minimum Gasteiger partial charge on any atom is -0.484 e. The van der Waals surface area contributed by atoms with Gasteiger partial charge in [0, 0.05) is 26.8 Å². The van der Waals surface area contributed by atoms with Gasteiger partial charge in [0.1, 0.15) is 10.8 Å². The summed E-state index contributed by atoms with van der Waals surface area (Å²) in [6.07, 6.45) is -2.65. The second-order valence-corrected chi connectivity index (χ2v) is 7.45. The summed E-state index contributed by atoms with van der Waals surface area (Å²) >= 11 is 6.15. The zero-order chi connectivity index (χ0) is 24.2. The van der Waals surface area contributed by atoms with E-state index in [2.05, 4.69) is 15.4 Å². The maximum atomic E-state index is 12.7. The standard InChI is InChI=1S/C21H19ClF3N5O3/c1-29(2)18(31)12-33-15-5-3-4-13(8-15)9-26-16-11-28-30(20(32)19(16)22)17-7-6-14(10-27-17)21(23,24)25/h3-8,10-11,26H,9,12H2,1-2H3. The molecule has 1 N–H and O–H groups in total. The first-order valence-electron chi connectivity index (χ1n) is 9.53. The van der Waals surface area contributed by atoms with E-state index in [0.717, 1.165) is 22.4 Å². The van der Waals surface area contributed by atoms with Gasteiger partial charge in [0.05, 0.1) is 17.4 Å². The van der Waals surface area contributed by atoms with Gasteiger partial charge in [0.2, 0.25) is 0 Å². The fraction of sp³-hybridized carbons (Fsp3) is 0.238. The van der Waals surface area contributed by atoms with Crippen molar-refractivity contribution in [3.05, 3.63) is 75.3 Å². The SMILES string of the molecule is CN(C)C(=O)COc1cccc(CNc2cnn(-c3ccc(C(F)(F)F)cn3)c(=O)c2Cl)c1. The number of hydrogen-bond donors (Lipinski definition) is 1. The van der Waals surface area contributed by atoms with Gasteiger partial charge in [-0.25, -0.2) is 4.98 Å². The molecule has 12 heteroatoms. The summed E-state index contributed by atoms with van der Waals surface area (Å²) in [4.78, 5) is 29.3. The van der Waals surface area contributed by atoms with Crippen LogP contribution in [0.3, 0.4) is 0 Å². The lowest BCUT2D eigenvalue weighted by Gasteiger charge is -2.13. The lowest BCUT2D eigenvalue weighted by Crippen LogP contribution is -2.27. The lowest BCUT2D eigenvalue weighted by molar-refractivity contribution is -0.137. The number of nitrogens with one attached hydrogen (secondary N) is 1. The minimum absolute atomic E-state index is 0.0985. The second kappa shape index (κ2) is 9.90. The van der Waals surface area contributed by atoms with Crippen LogP contribution < -0.4 is 15.6 Å². The number of halogens is 4. The molecule has 0 fully saturated rings. The summed E-state index contributed by atoms with van der Waals surface area (Å²) < 4.78 is 44.4. The van der Waals surface area contributed by atoms with Crippen molar-refractivity contribution in [2.24, 2.45) is 0 Å². The summed E-state index contributed by atoms with van der Waals surface area (Å²) in [6, 6.07) is 8.83. The number of nitrogens with zero attached hydrogens (tertiary/aromatic N) is 4. The van der Waals surface area contributed by atoms with Crippen molar-refractivity contribution in [2.45, 2.75) is 12.7 Å². The van der Waals surface area contributed by atoms with Crippen LogP contribution >= 0.6 is 11.6 Å². The molecule has 0 spiro atoms. The summed E-state index contributed by atoms with van der Waals surface area (Å²) in [7, 11) is 3.26. The van der Waals surface area contributed by atoms with Crippen LogP contribution in [0.15, 0.2) is 53.6 Å². The number of rotatable bonds is 7. The fourth-order valence-corrected chi connectivity index (χ4v) is 2.81. The van der Waals surface area contributed by atoms with Crippen molar-refractivity contribution < 1.29 is 22.7 Å². The number of hydrogen-bond acceptors (Lipinski definition) is 6. The molecule has 0 unspecified atom stereocenters. The molecule has 0 aliphatic carbocycles. The highest BCUT2D eigenvalue weighted by Crippen LogP contribution is 2.28. The third-order valence-corrected chi connectivity index (χ3v) is 4.82. The fourth-order valence-electron chi connectivity index (χ4n) is 2.61. The number of aromatic nitrogens is 3. The third-order valence-electron chi connectivity index (χ3n) is 4.45. The Morgan fingerprint density at radius 3 is 2.61 bits per heavy atom. The average Bonchev–Trinajstić information content (AvgIpc) is 2.78. The monoisotopic (exact) mass is 481 g/mol. The number of carbonyl (C=O) groups excluding carboxylic acids is 1. The van der Waals surface area contributed by atoms with Gasteiger partial charge in [-0.3, -0.25) is 9.59 Å². The topological polar surface area (TPSA) is 89.3 Å². The third kappa shape index (κ3) is 6.01. The number of likely N-dealkylation sites (N-methyl/N-ethyl adjacent to an activating group) is 1. The van der Waals surface area contributed by atoms with Crippen LogP contribution in [0, 0.1) is 0 Å². The molecule has 0 aliphatic heterocycles. The molecule has 0 radical (unpaired) electrons. The Hall–Kier alpha value is -3.60. The zero-order valence-electron chi connectivity index (χ0n) is 17.6. The average molecular weight is 482 g/mol. The quantitative estimate of drug-likeness (QED) is 0.556. The molecule has 1 aromatic carbocycles. The van der Waals surface area contributed by atoms with E-state index in [9.17, 15) is 22.8 Å². The molecule has 3 rings (SSSR count). The Balaban J connectivity index is 1.71. The van der Waals surface area contributed by atoms with Gasteiger partial charge >= 0.3 is 6.18 Å². The van der Waals surface area contributed by atoms with Gasteiger partial charge < -0.3 is 15.0 Å². The van der Waals surface area contributed by atoms with E-state index in [0.29, 0.717) is 11.9 Å². The molecule has 0 aliphatic rings. The van der Waals surface area contributed by atoms with Gasteiger partial charge in [-0.15, -0.1) is 0 Å². The molecule has 0 bridgehead atoms. The van der Waals surface area contributed by atoms with Gasteiger partial charge in [-0.05, 0) is 29.8 Å². The van der Waals surface area contributed by atoms with Crippen LogP contribution in [0.1, 0.15) is 11.1 Å². The first-order chi connectivity index (χ1) is 15.6. The normalized spacial score (nSPS) is 11.2. The molecule has 2 aromatic heterocycles. The van der Waals surface area contributed by atoms with Gasteiger partial charge in [-0.2, -0.15) is 23.0 Å². The van der Waals surface area contributed by atoms with Gasteiger partial charge in [0.25, 0.3) is 11.5 Å². The number of amides is 1. The number of ether oxygens (including phenoxy) is 1. The maximum Gasteiger partial charge on any atom is 0.417 e. The summed E-state index contributed by atoms with van der Waals surface area (Å²) in [6.45, 7) is 0.165. The van der Waals surface area contributed by atoms with Gasteiger partial charge in [0.15, 0.2) is 12.4 Å². The summed E-state index contributed by atoms with van der Waals surface area (Å²) in [5.41, 5.74) is -0.664. The van der Waals surface area contributed by atoms with Crippen LogP contribution in [0.2, 0.25) is 5.02 Å². The van der Waals surface area contributed by atoms with Crippen molar-refractivity contribution in [2.75, 3.05) is 26.0 Å². The van der Waals surface area contributed by atoms with Crippen molar-refractivity contribution in [1.82, 2.24) is 19.7 Å². The zero-order valence-corrected chi connectivity index (χ0v) is 18.3. The Bertz CT molecular complexity index is 1200. The van der Waals surface area contributed by atoms with E-state index in [4.69, 9.17) is 16.3 Å². The lowest BCUT2D eigenvalue weighted by atomic mass is 10.2. The Morgan fingerprint density at radius 1 is 1.21 bits per heavy atom. The van der Waals surface area contributed by atoms with E-state index in [1.807, 2.05) is 6.07 Å². The highest BCUT2D eigenvalue weighted by atomic mass is 35.5. The van der Waals surface area contributed by atoms with E-state index in [-0.39, 0.29) is 35.6 Å². The summed E-state index contributed by atoms with van der Waals surface area (Å²) in [5, 5.41) is 6.72. The number of anilines is 1. The van der Waals surface area contributed by atoms with Crippen LogP contribution in [-0.4, -0.2) is 46.3 Å². The molecule has 2 heterocycles. The molecule has 0 saturated carbocycles. The number of alkyl halides is 3. The minimum atomic E-state index is -4.54. The molecular formula is C21H19ClF3N5O3. The maximum absolute atomic E-state index is 12.7. The van der Waals surface area contributed by atoms with Crippen molar-refractivity contribution in [3.63, 3.8) is 0 Å². The number of carbonyl (C=O) groups is 1. The highest BCUT2D eigenvalue weighted by molar-refractivity contribution is 6.32. The van der Waals surface area contributed by atoms with Crippen LogP contribution in [0.4, 0.5) is 18.9 Å². The highest BCUT2D eigenvalue weighted by Gasteiger charge is 2.30. The number of benzene rings is 1. The van der Waals surface area contributed by atoms with Crippen molar-refractivity contribution in [1.29, 1.82) is 0 Å². The van der Waals surface area contributed by atoms with Gasteiger partial charge in [-0.1, -0.05) is 23.7 Å². The largest absolute Gasteiger partial charge is 0.484 e. The van der Waals surface area contributed by atoms with Crippen LogP contribution in [0.25, 0.3) is 5.82 Å². The molecular weight excluding hydrogens is 463 g/mol. The van der Waals surface area contributed by atoms with E-state index < -0.39 is 17.3 Å². The first kappa shape index (κ1) is 24.1. The molecule has 8 nitrogen and oxygen atoms in total. The van der Waals surface area contributed by atoms with E-state index in [1.165, 1.54) is 11.1 Å². The predicted octanol–water partition coefficient (Wildman–Crippen LogP) is 3.38. The molecule has 33 heavy (non-hydrogen) atoms. The van der Waals surface area contributed by atoms with Crippen molar-refractivity contribution >= 4 is 23.2 Å². The predicted molar refractivity (Wildman–Crippen MR) is 116 cm³/mol. The first-order valence-corrected chi connectivity index (χ1v) is 9.91. The molecule has 1 amide bonds. The molecule has 174 valence electrons. The smallest absolute Gasteiger partial charge is 0.417 e. The number of pyridine rings is 1. The summed E-state index contributed by atoms with van der Waals surface area (Å²) in [5.74, 6) is 0.218.